The van der Waals surface area contributed by atoms with Crippen molar-refractivity contribution in [1.29, 1.82) is 0 Å². The Morgan fingerprint density at radius 2 is 2.07 bits per heavy atom. The Kier molecular flexibility index (Phi) is 5.61. The van der Waals surface area contributed by atoms with Crippen molar-refractivity contribution in [3.8, 4) is 0 Å². The molecule has 3 aromatic rings. The number of imidazole rings is 1. The number of aliphatic hydroxyl groups is 1. The number of nitrogens with one attached hydrogen (secondary N) is 2. The number of fused-ring (bicyclic) bond motifs is 1. The topological polar surface area (TPSA) is 97.1 Å². The second kappa shape index (κ2) is 8.30. The molecule has 3 heterocycles. The van der Waals surface area contributed by atoms with E-state index < -0.39 is 0 Å². The minimum absolute atomic E-state index is 0.0131. The summed E-state index contributed by atoms with van der Waals surface area (Å²) in [6, 6.07) is 7.82. The van der Waals surface area contributed by atoms with Crippen LogP contribution in [-0.4, -0.2) is 50.9 Å². The summed E-state index contributed by atoms with van der Waals surface area (Å²) in [5.74, 6) is 1.35. The fourth-order valence-electron chi connectivity index (χ4n) is 3.47. The van der Waals surface area contributed by atoms with E-state index in [1.54, 1.807) is 0 Å². The number of aliphatic hydroxyl groups excluding tert-OH is 1. The van der Waals surface area contributed by atoms with Crippen LogP contribution in [0, 0.1) is 0 Å². The molecule has 3 N–H and O–H groups in total. The van der Waals surface area contributed by atoms with Gasteiger partial charge in [-0.05, 0) is 37.0 Å². The second-order valence-electron chi connectivity index (χ2n) is 6.73. The van der Waals surface area contributed by atoms with Gasteiger partial charge in [0.25, 0.3) is 0 Å². The number of rotatable bonds is 7. The maximum absolute atomic E-state index is 9.42. The highest BCUT2D eigenvalue weighted by molar-refractivity contribution is 6.30. The van der Waals surface area contributed by atoms with Crippen LogP contribution in [0.5, 0.6) is 0 Å². The molecule has 9 heteroatoms. The third kappa shape index (κ3) is 3.76. The number of benzene rings is 1. The molecule has 0 aliphatic carbocycles. The van der Waals surface area contributed by atoms with E-state index in [1.165, 1.54) is 11.9 Å². The Morgan fingerprint density at radius 1 is 1.25 bits per heavy atom. The van der Waals surface area contributed by atoms with Gasteiger partial charge >= 0.3 is 0 Å². The van der Waals surface area contributed by atoms with Crippen LogP contribution in [-0.2, 0) is 11.2 Å². The van der Waals surface area contributed by atoms with Gasteiger partial charge in [-0.3, -0.25) is 4.57 Å². The predicted molar refractivity (Wildman–Crippen MR) is 109 cm³/mol. The maximum atomic E-state index is 9.42. The van der Waals surface area contributed by atoms with Gasteiger partial charge in [0.1, 0.15) is 12.6 Å². The van der Waals surface area contributed by atoms with Crippen molar-refractivity contribution < 1.29 is 9.84 Å². The number of anilines is 2. The van der Waals surface area contributed by atoms with Gasteiger partial charge in [-0.1, -0.05) is 23.7 Å². The molecule has 8 nitrogen and oxygen atoms in total. The lowest BCUT2D eigenvalue weighted by Gasteiger charge is -2.17. The van der Waals surface area contributed by atoms with Gasteiger partial charge in [-0.2, -0.15) is 0 Å². The highest BCUT2D eigenvalue weighted by atomic mass is 35.5. The summed E-state index contributed by atoms with van der Waals surface area (Å²) in [6.45, 7) is 0.711. The Morgan fingerprint density at radius 3 is 2.79 bits per heavy atom. The molecule has 148 valence electrons. The second-order valence-corrected chi connectivity index (χ2v) is 7.16. The Balaban J connectivity index is 1.60. The van der Waals surface area contributed by atoms with Gasteiger partial charge in [-0.25, -0.2) is 15.0 Å². The zero-order chi connectivity index (χ0) is 19.5. The number of aromatic nitrogens is 4. The first kappa shape index (κ1) is 18.9. The zero-order valence-corrected chi connectivity index (χ0v) is 16.4. The van der Waals surface area contributed by atoms with Gasteiger partial charge in [0.05, 0.1) is 12.7 Å². The first-order chi connectivity index (χ1) is 13.7. The molecular formula is C19H23ClN6O2. The van der Waals surface area contributed by atoms with Crippen LogP contribution < -0.4 is 10.6 Å². The number of hydrogen-bond donors (Lipinski definition) is 3. The standard InChI is InChI=1S/C19H23ClN6O2/c1-21-17-16-18(24-11-23-17)26(15-7-6-14(10-27)28-15)19(25-16)22-9-8-12-2-4-13(20)5-3-12/h2-5,11,14-15,27H,6-10H2,1H3,(H,22,25)(H,21,23,24). The van der Waals surface area contributed by atoms with Crippen molar-refractivity contribution in [2.75, 3.05) is 30.8 Å². The van der Waals surface area contributed by atoms with Crippen molar-refractivity contribution in [3.05, 3.63) is 41.2 Å². The molecule has 4 rings (SSSR count). The van der Waals surface area contributed by atoms with Gasteiger partial charge in [0.15, 0.2) is 17.0 Å². The predicted octanol–water partition coefficient (Wildman–Crippen LogP) is 2.85. The third-order valence-corrected chi connectivity index (χ3v) is 5.15. The van der Waals surface area contributed by atoms with Crippen molar-refractivity contribution in [1.82, 2.24) is 19.5 Å². The van der Waals surface area contributed by atoms with E-state index in [2.05, 4.69) is 20.6 Å². The molecular weight excluding hydrogens is 380 g/mol. The van der Waals surface area contributed by atoms with Crippen LogP contribution in [0.1, 0.15) is 24.6 Å². The summed E-state index contributed by atoms with van der Waals surface area (Å²) in [4.78, 5) is 13.4. The molecule has 28 heavy (non-hydrogen) atoms. The molecule has 2 atom stereocenters. The van der Waals surface area contributed by atoms with E-state index in [9.17, 15) is 5.11 Å². The van der Waals surface area contributed by atoms with Gasteiger partial charge in [0.2, 0.25) is 5.95 Å². The fraction of sp³-hybridized carbons (Fsp3) is 0.421. The molecule has 2 aromatic heterocycles. The summed E-state index contributed by atoms with van der Waals surface area (Å²) in [5, 5.41) is 16.6. The molecule has 1 aromatic carbocycles. The molecule has 0 amide bonds. The van der Waals surface area contributed by atoms with E-state index >= 15 is 0 Å². The average Bonchev–Trinajstić information content (AvgIpc) is 3.33. The van der Waals surface area contributed by atoms with E-state index in [4.69, 9.17) is 21.3 Å². The van der Waals surface area contributed by atoms with Crippen LogP contribution in [0.15, 0.2) is 30.6 Å². The quantitative estimate of drug-likeness (QED) is 0.559. The summed E-state index contributed by atoms with van der Waals surface area (Å²) in [7, 11) is 1.81. The lowest BCUT2D eigenvalue weighted by atomic mass is 10.1. The average molecular weight is 403 g/mol. The van der Waals surface area contributed by atoms with Crippen LogP contribution in [0.2, 0.25) is 5.02 Å². The van der Waals surface area contributed by atoms with Crippen molar-refractivity contribution >= 4 is 34.5 Å². The fourth-order valence-corrected chi connectivity index (χ4v) is 3.60. The Bertz CT molecular complexity index is 945. The largest absolute Gasteiger partial charge is 0.394 e. The minimum atomic E-state index is -0.222. The lowest BCUT2D eigenvalue weighted by molar-refractivity contribution is -0.0197. The number of ether oxygens (including phenoxy) is 1. The minimum Gasteiger partial charge on any atom is -0.394 e. The highest BCUT2D eigenvalue weighted by Gasteiger charge is 2.30. The number of halogens is 1. The van der Waals surface area contributed by atoms with E-state index in [1.807, 2.05) is 35.9 Å². The Hall–Kier alpha value is -2.42. The van der Waals surface area contributed by atoms with Crippen molar-refractivity contribution in [2.24, 2.45) is 0 Å². The van der Waals surface area contributed by atoms with Crippen LogP contribution in [0.3, 0.4) is 0 Å². The molecule has 0 saturated carbocycles. The van der Waals surface area contributed by atoms with E-state index in [-0.39, 0.29) is 18.9 Å². The Labute approximate surface area is 167 Å². The third-order valence-electron chi connectivity index (χ3n) is 4.90. The molecule has 1 saturated heterocycles. The van der Waals surface area contributed by atoms with Crippen LogP contribution in [0.25, 0.3) is 11.2 Å². The smallest absolute Gasteiger partial charge is 0.207 e. The van der Waals surface area contributed by atoms with Gasteiger partial charge in [0, 0.05) is 18.6 Å². The van der Waals surface area contributed by atoms with Crippen LogP contribution in [0.4, 0.5) is 11.8 Å². The normalized spacial score (nSPS) is 19.2. The summed E-state index contributed by atoms with van der Waals surface area (Å²) >= 11 is 5.95. The summed E-state index contributed by atoms with van der Waals surface area (Å²) < 4.78 is 7.96. The molecule has 0 bridgehead atoms. The molecule has 2 unspecified atom stereocenters. The summed E-state index contributed by atoms with van der Waals surface area (Å²) in [6.07, 6.45) is 3.56. The summed E-state index contributed by atoms with van der Waals surface area (Å²) in [5.41, 5.74) is 2.58. The molecule has 1 fully saturated rings. The number of hydrogen-bond acceptors (Lipinski definition) is 7. The molecule has 1 aliphatic heterocycles. The first-order valence-corrected chi connectivity index (χ1v) is 9.72. The molecule has 1 aliphatic rings. The monoisotopic (exact) mass is 402 g/mol. The molecule has 0 spiro atoms. The first-order valence-electron chi connectivity index (χ1n) is 9.35. The molecule has 0 radical (unpaired) electrons. The van der Waals surface area contributed by atoms with Crippen molar-refractivity contribution in [2.45, 2.75) is 31.6 Å². The highest BCUT2D eigenvalue weighted by Crippen LogP contribution is 2.34. The van der Waals surface area contributed by atoms with Crippen molar-refractivity contribution in [3.63, 3.8) is 0 Å². The SMILES string of the molecule is CNc1ncnc2c1nc(NCCc1ccc(Cl)cc1)n2C1CCC(CO)O1. The zero-order valence-electron chi connectivity index (χ0n) is 15.6. The lowest BCUT2D eigenvalue weighted by Crippen LogP contribution is -2.17. The van der Waals surface area contributed by atoms with E-state index in [0.717, 1.165) is 24.3 Å². The van der Waals surface area contributed by atoms with Crippen LogP contribution >= 0.6 is 11.6 Å². The number of nitrogens with zero attached hydrogens (tertiary/aromatic N) is 4. The van der Waals surface area contributed by atoms with E-state index in [0.29, 0.717) is 29.5 Å². The van der Waals surface area contributed by atoms with Gasteiger partial charge in [-0.15, -0.1) is 0 Å². The maximum Gasteiger partial charge on any atom is 0.207 e. The van der Waals surface area contributed by atoms with Gasteiger partial charge < -0.3 is 20.5 Å².